The highest BCUT2D eigenvalue weighted by Gasteiger charge is 2.30. The fourth-order valence-corrected chi connectivity index (χ4v) is 1.45. The predicted octanol–water partition coefficient (Wildman–Crippen LogP) is 2.25. The van der Waals surface area contributed by atoms with Crippen molar-refractivity contribution in [2.75, 3.05) is 0 Å². The molecule has 20 heavy (non-hydrogen) atoms. The largest absolute Gasteiger partial charge is 0.440 e. The van der Waals surface area contributed by atoms with Crippen LogP contribution < -0.4 is 10.9 Å². The molecule has 0 saturated heterocycles. The summed E-state index contributed by atoms with van der Waals surface area (Å²) in [5.74, 6) is -0.533. The predicted molar refractivity (Wildman–Crippen MR) is 79.8 cm³/mol. The molecule has 0 rings (SSSR count). The highest BCUT2D eigenvalue weighted by atomic mass is 16.6. The van der Waals surface area contributed by atoms with Gasteiger partial charge in [-0.1, -0.05) is 27.0 Å². The minimum Gasteiger partial charge on any atom is -0.440 e. The first-order valence-corrected chi connectivity index (χ1v) is 6.79. The number of ether oxygens (including phenoxy) is 1. The second-order valence-corrected chi connectivity index (χ2v) is 5.22. The molecule has 0 aliphatic carbocycles. The molecule has 2 atom stereocenters. The maximum absolute atomic E-state index is 11.5. The summed E-state index contributed by atoms with van der Waals surface area (Å²) >= 11 is 0. The van der Waals surface area contributed by atoms with Crippen molar-refractivity contribution in [2.24, 2.45) is 0 Å². The summed E-state index contributed by atoms with van der Waals surface area (Å²) in [4.78, 5) is 22.8. The van der Waals surface area contributed by atoms with Crippen LogP contribution in [0.4, 0.5) is 0 Å². The molecule has 0 heterocycles. The average molecular weight is 282 g/mol. The van der Waals surface area contributed by atoms with Crippen LogP contribution >= 0.6 is 0 Å². The van der Waals surface area contributed by atoms with Crippen molar-refractivity contribution >= 4 is 11.8 Å². The lowest BCUT2D eigenvalue weighted by atomic mass is 9.93. The molecule has 114 valence electrons. The minimum absolute atomic E-state index is 0.0371. The van der Waals surface area contributed by atoms with Gasteiger partial charge < -0.3 is 4.74 Å². The summed E-state index contributed by atoms with van der Waals surface area (Å²) in [5, 5.41) is 0. The Morgan fingerprint density at radius 3 is 2.10 bits per heavy atom. The molecule has 0 aromatic carbocycles. The highest BCUT2D eigenvalue weighted by Crippen LogP contribution is 2.17. The van der Waals surface area contributed by atoms with Crippen LogP contribution in [-0.2, 0) is 14.3 Å². The lowest BCUT2D eigenvalue weighted by Crippen LogP contribution is -2.60. The summed E-state index contributed by atoms with van der Waals surface area (Å²) in [6, 6.07) is 0. The van der Waals surface area contributed by atoms with Gasteiger partial charge in [-0.3, -0.25) is 4.79 Å². The monoisotopic (exact) mass is 282 g/mol. The highest BCUT2D eigenvalue weighted by molar-refractivity contribution is 5.89. The van der Waals surface area contributed by atoms with E-state index < -0.39 is 17.2 Å². The van der Waals surface area contributed by atoms with E-state index in [4.69, 9.17) is 4.74 Å². The molecule has 0 spiro atoms. The Morgan fingerprint density at radius 1 is 1.10 bits per heavy atom. The molecule has 0 fully saturated rings. The van der Waals surface area contributed by atoms with Gasteiger partial charge in [0, 0.05) is 18.0 Å². The van der Waals surface area contributed by atoms with Gasteiger partial charge >= 0.3 is 5.97 Å². The van der Waals surface area contributed by atoms with Gasteiger partial charge in [-0.05, 0) is 32.8 Å². The standard InChI is InChI=1S/C15H26N2O3/c1-7-12(18)11-14(5,9-3)16-17-15(6,10-4)20-13(19)8-2/h7-8,16-17H,1-2,9-11H2,3-6H3. The smallest absolute Gasteiger partial charge is 0.331 e. The zero-order valence-electron chi connectivity index (χ0n) is 12.9. The molecule has 0 aliphatic rings. The van der Waals surface area contributed by atoms with Crippen molar-refractivity contribution in [3.8, 4) is 0 Å². The molecular formula is C15H26N2O3. The lowest BCUT2D eigenvalue weighted by molar-refractivity contribution is -0.158. The van der Waals surface area contributed by atoms with E-state index >= 15 is 0 Å². The van der Waals surface area contributed by atoms with Crippen LogP contribution in [0.3, 0.4) is 0 Å². The number of nitrogens with one attached hydrogen (secondary N) is 2. The van der Waals surface area contributed by atoms with Crippen LogP contribution in [0.5, 0.6) is 0 Å². The van der Waals surface area contributed by atoms with E-state index in [1.54, 1.807) is 6.92 Å². The molecule has 0 aromatic rings. The van der Waals surface area contributed by atoms with E-state index in [2.05, 4.69) is 24.0 Å². The summed E-state index contributed by atoms with van der Waals surface area (Å²) < 4.78 is 5.27. The van der Waals surface area contributed by atoms with Gasteiger partial charge in [0.15, 0.2) is 11.5 Å². The fourth-order valence-electron chi connectivity index (χ4n) is 1.45. The molecule has 0 saturated carbocycles. The van der Waals surface area contributed by atoms with Gasteiger partial charge in [-0.2, -0.15) is 0 Å². The van der Waals surface area contributed by atoms with E-state index in [0.717, 1.165) is 12.5 Å². The summed E-state index contributed by atoms with van der Waals surface area (Å²) in [5.41, 5.74) is 4.80. The maximum Gasteiger partial charge on any atom is 0.331 e. The first kappa shape index (κ1) is 18.5. The Balaban J connectivity index is 4.73. The Bertz CT molecular complexity index is 345. The third-order valence-electron chi connectivity index (χ3n) is 3.37. The summed E-state index contributed by atoms with van der Waals surface area (Å²) in [7, 11) is 0. The fraction of sp³-hybridized carbons (Fsp3) is 0.600. The van der Waals surface area contributed by atoms with Crippen LogP contribution in [0, 0.1) is 0 Å². The van der Waals surface area contributed by atoms with Crippen molar-refractivity contribution < 1.29 is 14.3 Å². The van der Waals surface area contributed by atoms with Crippen molar-refractivity contribution in [3.05, 3.63) is 25.3 Å². The number of hydrogen-bond donors (Lipinski definition) is 2. The van der Waals surface area contributed by atoms with Crippen molar-refractivity contribution in [3.63, 3.8) is 0 Å². The second kappa shape index (κ2) is 7.97. The topological polar surface area (TPSA) is 67.4 Å². The van der Waals surface area contributed by atoms with Crippen LogP contribution in [0.1, 0.15) is 47.0 Å². The summed E-state index contributed by atoms with van der Waals surface area (Å²) in [6.45, 7) is 14.4. The normalized spacial score (nSPS) is 16.6. The number of hydrogen-bond acceptors (Lipinski definition) is 5. The number of carbonyl (C=O) groups is 2. The van der Waals surface area contributed by atoms with E-state index in [1.807, 2.05) is 20.8 Å². The van der Waals surface area contributed by atoms with E-state index in [1.165, 1.54) is 6.08 Å². The van der Waals surface area contributed by atoms with Gasteiger partial charge in [0.1, 0.15) is 0 Å². The minimum atomic E-state index is -0.862. The zero-order valence-corrected chi connectivity index (χ0v) is 12.9. The number of allylic oxidation sites excluding steroid dienone is 1. The molecule has 0 aromatic heterocycles. The molecule has 0 aliphatic heterocycles. The SMILES string of the molecule is C=CC(=O)CC(C)(CC)NNC(C)(CC)OC(=O)C=C. The van der Waals surface area contributed by atoms with Crippen molar-refractivity contribution in [1.29, 1.82) is 0 Å². The molecule has 0 radical (unpaired) electrons. The molecule has 2 N–H and O–H groups in total. The van der Waals surface area contributed by atoms with Crippen LogP contribution in [0.15, 0.2) is 25.3 Å². The first-order valence-electron chi connectivity index (χ1n) is 6.79. The van der Waals surface area contributed by atoms with Gasteiger partial charge in [-0.25, -0.2) is 15.6 Å². The molecular weight excluding hydrogens is 256 g/mol. The third-order valence-corrected chi connectivity index (χ3v) is 3.37. The Kier molecular flexibility index (Phi) is 7.39. The maximum atomic E-state index is 11.5. The van der Waals surface area contributed by atoms with Crippen molar-refractivity contribution in [2.45, 2.75) is 58.2 Å². The number of carbonyl (C=O) groups excluding carboxylic acids is 2. The molecule has 2 unspecified atom stereocenters. The van der Waals surface area contributed by atoms with Crippen LogP contribution in [0.2, 0.25) is 0 Å². The summed E-state index contributed by atoms with van der Waals surface area (Å²) in [6.07, 6.45) is 4.04. The lowest BCUT2D eigenvalue weighted by Gasteiger charge is -2.36. The van der Waals surface area contributed by atoms with E-state index in [0.29, 0.717) is 12.8 Å². The number of hydrazine groups is 1. The zero-order chi connectivity index (χ0) is 15.8. The third kappa shape index (κ3) is 6.12. The average Bonchev–Trinajstić information content (AvgIpc) is 2.45. The van der Waals surface area contributed by atoms with Crippen LogP contribution in [0.25, 0.3) is 0 Å². The first-order chi connectivity index (χ1) is 9.24. The van der Waals surface area contributed by atoms with Gasteiger partial charge in [0.2, 0.25) is 0 Å². The van der Waals surface area contributed by atoms with E-state index in [-0.39, 0.29) is 5.78 Å². The quantitative estimate of drug-likeness (QED) is 0.278. The molecule has 0 amide bonds. The molecule has 5 nitrogen and oxygen atoms in total. The van der Waals surface area contributed by atoms with Gasteiger partial charge in [-0.15, -0.1) is 0 Å². The molecule has 0 bridgehead atoms. The number of rotatable bonds is 10. The number of esters is 1. The Labute approximate surface area is 121 Å². The van der Waals surface area contributed by atoms with E-state index in [9.17, 15) is 9.59 Å². The number of ketones is 1. The Hall–Kier alpha value is -1.46. The second-order valence-electron chi connectivity index (χ2n) is 5.22. The van der Waals surface area contributed by atoms with Gasteiger partial charge in [0.05, 0.1) is 0 Å². The Morgan fingerprint density at radius 2 is 1.70 bits per heavy atom. The van der Waals surface area contributed by atoms with Crippen molar-refractivity contribution in [1.82, 2.24) is 10.9 Å². The van der Waals surface area contributed by atoms with Gasteiger partial charge in [0.25, 0.3) is 0 Å². The molecule has 5 heteroatoms. The van der Waals surface area contributed by atoms with Crippen LogP contribution in [-0.4, -0.2) is 23.0 Å².